The molecule has 1 atom stereocenters. The first-order valence-corrected chi connectivity index (χ1v) is 6.94. The summed E-state index contributed by atoms with van der Waals surface area (Å²) >= 11 is 0. The van der Waals surface area contributed by atoms with E-state index in [-0.39, 0.29) is 6.04 Å². The summed E-state index contributed by atoms with van der Waals surface area (Å²) in [5.41, 5.74) is 7.10. The molecule has 2 aliphatic rings. The van der Waals surface area contributed by atoms with Gasteiger partial charge in [0.05, 0.1) is 0 Å². The average Bonchev–Trinajstić information content (AvgIpc) is 3.23. The number of anilines is 1. The summed E-state index contributed by atoms with van der Waals surface area (Å²) in [5, 5.41) is 0. The van der Waals surface area contributed by atoms with Gasteiger partial charge in [0.15, 0.2) is 0 Å². The van der Waals surface area contributed by atoms with E-state index in [0.29, 0.717) is 0 Å². The van der Waals surface area contributed by atoms with Crippen molar-refractivity contribution in [1.29, 1.82) is 0 Å². The minimum Gasteiger partial charge on any atom is -0.354 e. The molecule has 98 valence electrons. The molecule has 0 aromatic carbocycles. The highest BCUT2D eigenvalue weighted by molar-refractivity contribution is 5.42. The van der Waals surface area contributed by atoms with Crippen LogP contribution in [0.4, 0.5) is 5.82 Å². The Kier molecular flexibility index (Phi) is 3.22. The molecule has 4 heteroatoms. The summed E-state index contributed by atoms with van der Waals surface area (Å²) in [4.78, 5) is 9.48. The molecule has 0 amide bonds. The lowest BCUT2D eigenvalue weighted by molar-refractivity contribution is 0.247. The van der Waals surface area contributed by atoms with E-state index in [4.69, 9.17) is 5.73 Å². The monoisotopic (exact) mass is 246 g/mol. The molecule has 0 bridgehead atoms. The lowest BCUT2D eigenvalue weighted by atomic mass is 10.1. The van der Waals surface area contributed by atoms with Gasteiger partial charge in [-0.3, -0.25) is 4.90 Å². The quantitative estimate of drug-likeness (QED) is 0.875. The van der Waals surface area contributed by atoms with Crippen LogP contribution in [0, 0.1) is 0 Å². The van der Waals surface area contributed by atoms with Gasteiger partial charge in [-0.25, -0.2) is 4.98 Å². The predicted octanol–water partition coefficient (Wildman–Crippen LogP) is 1.39. The first-order valence-electron chi connectivity index (χ1n) is 6.94. The predicted molar refractivity (Wildman–Crippen MR) is 73.6 cm³/mol. The Balaban J connectivity index is 1.66. The van der Waals surface area contributed by atoms with E-state index in [9.17, 15) is 0 Å². The van der Waals surface area contributed by atoms with Gasteiger partial charge in [0, 0.05) is 44.5 Å². The Morgan fingerprint density at radius 2 is 2.00 bits per heavy atom. The van der Waals surface area contributed by atoms with E-state index in [1.165, 1.54) is 31.5 Å². The lowest BCUT2D eigenvalue weighted by Crippen LogP contribution is -2.47. The highest BCUT2D eigenvalue weighted by Gasteiger charge is 2.31. The van der Waals surface area contributed by atoms with Gasteiger partial charge >= 0.3 is 0 Å². The second kappa shape index (κ2) is 4.86. The Morgan fingerprint density at radius 3 is 2.61 bits per heavy atom. The second-order valence-electron chi connectivity index (χ2n) is 5.49. The number of aromatic nitrogens is 1. The summed E-state index contributed by atoms with van der Waals surface area (Å²) in [6.07, 6.45) is 4.68. The molecule has 1 aromatic rings. The Labute approximate surface area is 109 Å². The van der Waals surface area contributed by atoms with Gasteiger partial charge in [0.2, 0.25) is 0 Å². The van der Waals surface area contributed by atoms with Crippen molar-refractivity contribution in [2.75, 3.05) is 31.1 Å². The normalized spacial score (nSPS) is 23.1. The van der Waals surface area contributed by atoms with Crippen LogP contribution in [0.2, 0.25) is 0 Å². The molecule has 2 fully saturated rings. The fourth-order valence-electron chi connectivity index (χ4n) is 2.65. The van der Waals surface area contributed by atoms with Crippen LogP contribution in [0.15, 0.2) is 18.3 Å². The smallest absolute Gasteiger partial charge is 0.128 e. The zero-order chi connectivity index (χ0) is 12.5. The molecule has 0 radical (unpaired) electrons. The zero-order valence-corrected chi connectivity index (χ0v) is 11.0. The number of rotatable bonds is 3. The molecule has 1 aromatic heterocycles. The van der Waals surface area contributed by atoms with Gasteiger partial charge in [-0.05, 0) is 37.5 Å². The average molecular weight is 246 g/mol. The van der Waals surface area contributed by atoms with E-state index in [2.05, 4.69) is 20.9 Å². The summed E-state index contributed by atoms with van der Waals surface area (Å²) in [6, 6.07) is 5.11. The van der Waals surface area contributed by atoms with Gasteiger partial charge in [-0.15, -0.1) is 0 Å². The van der Waals surface area contributed by atoms with Crippen LogP contribution in [-0.4, -0.2) is 42.1 Å². The van der Waals surface area contributed by atoms with Crippen molar-refractivity contribution in [3.63, 3.8) is 0 Å². The molecule has 3 rings (SSSR count). The third kappa shape index (κ3) is 2.49. The molecule has 1 saturated carbocycles. The van der Waals surface area contributed by atoms with Crippen molar-refractivity contribution in [2.45, 2.75) is 31.8 Å². The molecule has 1 aliphatic carbocycles. The first kappa shape index (κ1) is 11.9. The Bertz CT molecular complexity index is 406. The third-order valence-electron chi connectivity index (χ3n) is 4.00. The highest BCUT2D eigenvalue weighted by atomic mass is 15.3. The molecular formula is C14H22N4. The van der Waals surface area contributed by atoms with E-state index in [0.717, 1.165) is 24.9 Å². The number of pyridine rings is 1. The number of piperazine rings is 1. The number of nitrogens with two attached hydrogens (primary N) is 1. The Hall–Kier alpha value is -1.13. The van der Waals surface area contributed by atoms with E-state index in [1.54, 1.807) is 0 Å². The van der Waals surface area contributed by atoms with Gasteiger partial charge in [-0.2, -0.15) is 0 Å². The SMILES string of the molecule is CC(N)c1ccnc(N2CCN(C3CC3)CC2)c1. The summed E-state index contributed by atoms with van der Waals surface area (Å²) < 4.78 is 0. The van der Waals surface area contributed by atoms with E-state index < -0.39 is 0 Å². The molecular weight excluding hydrogens is 224 g/mol. The van der Waals surface area contributed by atoms with Crippen molar-refractivity contribution < 1.29 is 0 Å². The maximum absolute atomic E-state index is 5.93. The fourth-order valence-corrected chi connectivity index (χ4v) is 2.65. The van der Waals surface area contributed by atoms with Crippen LogP contribution in [0.5, 0.6) is 0 Å². The van der Waals surface area contributed by atoms with E-state index >= 15 is 0 Å². The van der Waals surface area contributed by atoms with Crippen LogP contribution in [0.1, 0.15) is 31.4 Å². The van der Waals surface area contributed by atoms with Crippen molar-refractivity contribution >= 4 is 5.82 Å². The number of hydrogen-bond acceptors (Lipinski definition) is 4. The summed E-state index contributed by atoms with van der Waals surface area (Å²) in [5.74, 6) is 1.08. The van der Waals surface area contributed by atoms with Gasteiger partial charge in [0.1, 0.15) is 5.82 Å². The van der Waals surface area contributed by atoms with Crippen molar-refractivity contribution in [3.8, 4) is 0 Å². The maximum Gasteiger partial charge on any atom is 0.128 e. The minimum atomic E-state index is 0.0829. The lowest BCUT2D eigenvalue weighted by Gasteiger charge is -2.35. The molecule has 1 aliphatic heterocycles. The van der Waals surface area contributed by atoms with Crippen LogP contribution < -0.4 is 10.6 Å². The van der Waals surface area contributed by atoms with Crippen LogP contribution in [-0.2, 0) is 0 Å². The highest BCUT2D eigenvalue weighted by Crippen LogP contribution is 2.28. The fraction of sp³-hybridized carbons (Fsp3) is 0.643. The van der Waals surface area contributed by atoms with Crippen molar-refractivity contribution in [3.05, 3.63) is 23.9 Å². The Morgan fingerprint density at radius 1 is 1.28 bits per heavy atom. The summed E-state index contributed by atoms with van der Waals surface area (Å²) in [6.45, 7) is 6.55. The van der Waals surface area contributed by atoms with Crippen LogP contribution >= 0.6 is 0 Å². The largest absolute Gasteiger partial charge is 0.354 e. The molecule has 4 nitrogen and oxygen atoms in total. The maximum atomic E-state index is 5.93. The van der Waals surface area contributed by atoms with Crippen molar-refractivity contribution in [2.24, 2.45) is 5.73 Å². The number of nitrogens with zero attached hydrogens (tertiary/aromatic N) is 3. The van der Waals surface area contributed by atoms with Gasteiger partial charge in [-0.1, -0.05) is 0 Å². The van der Waals surface area contributed by atoms with Crippen molar-refractivity contribution in [1.82, 2.24) is 9.88 Å². The minimum absolute atomic E-state index is 0.0829. The summed E-state index contributed by atoms with van der Waals surface area (Å²) in [7, 11) is 0. The first-order chi connectivity index (χ1) is 8.74. The molecule has 2 N–H and O–H groups in total. The van der Waals surface area contributed by atoms with Crippen LogP contribution in [0.25, 0.3) is 0 Å². The molecule has 2 heterocycles. The number of hydrogen-bond donors (Lipinski definition) is 1. The molecule has 1 saturated heterocycles. The molecule has 18 heavy (non-hydrogen) atoms. The third-order valence-corrected chi connectivity index (χ3v) is 4.00. The van der Waals surface area contributed by atoms with Crippen LogP contribution in [0.3, 0.4) is 0 Å². The second-order valence-corrected chi connectivity index (χ2v) is 5.49. The molecule has 1 unspecified atom stereocenters. The topological polar surface area (TPSA) is 45.4 Å². The zero-order valence-electron chi connectivity index (χ0n) is 11.0. The van der Waals surface area contributed by atoms with Gasteiger partial charge < -0.3 is 10.6 Å². The van der Waals surface area contributed by atoms with E-state index in [1.807, 2.05) is 19.2 Å². The van der Waals surface area contributed by atoms with Gasteiger partial charge in [0.25, 0.3) is 0 Å². The molecule has 0 spiro atoms. The standard InChI is InChI=1S/C14H22N4/c1-11(15)12-4-5-16-14(10-12)18-8-6-17(7-9-18)13-2-3-13/h4-5,10-11,13H,2-3,6-9,15H2,1H3.